The van der Waals surface area contributed by atoms with E-state index in [1.807, 2.05) is 6.92 Å². The van der Waals surface area contributed by atoms with Crippen molar-refractivity contribution in [1.82, 2.24) is 4.90 Å². The van der Waals surface area contributed by atoms with Crippen molar-refractivity contribution in [2.75, 3.05) is 7.05 Å². The van der Waals surface area contributed by atoms with Gasteiger partial charge in [0.15, 0.2) is 11.5 Å². The summed E-state index contributed by atoms with van der Waals surface area (Å²) in [5.74, 6) is -1.62. The number of hydrogen-bond donors (Lipinski definition) is 0. The quantitative estimate of drug-likeness (QED) is 0.735. The Morgan fingerprint density at radius 3 is 2.59 bits per heavy atom. The zero-order chi connectivity index (χ0) is 21.2. The van der Waals surface area contributed by atoms with Crippen LogP contribution in [-0.2, 0) is 9.53 Å². The average Bonchev–Trinajstić information content (AvgIpc) is 2.73. The zero-order valence-electron chi connectivity index (χ0n) is 16.9. The fourth-order valence-electron chi connectivity index (χ4n) is 3.78. The molecule has 1 amide bonds. The number of fused-ring (bicyclic) bond motifs is 1. The number of nitriles is 1. The SMILES string of the molecule is Cc1ccc2oc(C(=O)O[C@H](C)C(=O)N(C)C3(C#N)CCCCC3)cc(=O)c2c1. The van der Waals surface area contributed by atoms with Gasteiger partial charge in [0.1, 0.15) is 11.1 Å². The van der Waals surface area contributed by atoms with Crippen LogP contribution in [0.2, 0.25) is 0 Å². The maximum atomic E-state index is 12.8. The van der Waals surface area contributed by atoms with Gasteiger partial charge in [0.05, 0.1) is 11.5 Å². The van der Waals surface area contributed by atoms with Gasteiger partial charge in [-0.15, -0.1) is 0 Å². The van der Waals surface area contributed by atoms with Crippen LogP contribution in [0.1, 0.15) is 55.1 Å². The molecule has 2 aromatic rings. The Bertz CT molecular complexity index is 1040. The third-order valence-electron chi connectivity index (χ3n) is 5.58. The molecule has 1 aromatic carbocycles. The Hall–Kier alpha value is -3.14. The van der Waals surface area contributed by atoms with E-state index in [2.05, 4.69) is 6.07 Å². The molecular weight excluding hydrogens is 372 g/mol. The number of rotatable bonds is 4. The van der Waals surface area contributed by atoms with Crippen molar-refractivity contribution in [2.24, 2.45) is 0 Å². The van der Waals surface area contributed by atoms with E-state index in [1.54, 1.807) is 25.2 Å². The van der Waals surface area contributed by atoms with Crippen molar-refractivity contribution in [2.45, 2.75) is 57.6 Å². The second kappa shape index (κ2) is 8.08. The third-order valence-corrected chi connectivity index (χ3v) is 5.58. The Morgan fingerprint density at radius 2 is 1.93 bits per heavy atom. The van der Waals surface area contributed by atoms with E-state index in [0.717, 1.165) is 30.9 Å². The summed E-state index contributed by atoms with van der Waals surface area (Å²) >= 11 is 0. The molecule has 0 saturated heterocycles. The number of hydrogen-bond acceptors (Lipinski definition) is 6. The number of benzene rings is 1. The van der Waals surface area contributed by atoms with Crippen molar-refractivity contribution >= 4 is 22.8 Å². The maximum Gasteiger partial charge on any atom is 0.375 e. The van der Waals surface area contributed by atoms with Crippen molar-refractivity contribution in [3.63, 3.8) is 0 Å². The first-order valence-corrected chi connectivity index (χ1v) is 9.72. The molecule has 1 saturated carbocycles. The van der Waals surface area contributed by atoms with Crippen LogP contribution >= 0.6 is 0 Å². The summed E-state index contributed by atoms with van der Waals surface area (Å²) in [5.41, 5.74) is -0.0550. The van der Waals surface area contributed by atoms with Crippen LogP contribution in [0.25, 0.3) is 11.0 Å². The standard InChI is InChI=1S/C22H24N2O5/c1-14-7-8-18-16(11-14)17(25)12-19(29-18)21(27)28-15(2)20(26)24(3)22(13-23)9-5-4-6-10-22/h7-8,11-12,15H,4-6,9-10H2,1-3H3/t15-/m1/s1. The number of ether oxygens (including phenoxy) is 1. The number of nitrogens with zero attached hydrogens (tertiary/aromatic N) is 2. The van der Waals surface area contributed by atoms with Crippen LogP contribution in [0.3, 0.4) is 0 Å². The minimum atomic E-state index is -1.11. The molecule has 1 fully saturated rings. The lowest BCUT2D eigenvalue weighted by molar-refractivity contribution is -0.143. The first kappa shape index (κ1) is 20.6. The molecule has 0 bridgehead atoms. The number of aryl methyl sites for hydroxylation is 1. The van der Waals surface area contributed by atoms with Crippen LogP contribution < -0.4 is 5.43 Å². The highest BCUT2D eigenvalue weighted by Gasteiger charge is 2.41. The van der Waals surface area contributed by atoms with E-state index in [-0.39, 0.29) is 16.8 Å². The molecule has 152 valence electrons. The topological polar surface area (TPSA) is 101 Å². The smallest absolute Gasteiger partial charge is 0.375 e. The van der Waals surface area contributed by atoms with E-state index in [4.69, 9.17) is 9.15 Å². The van der Waals surface area contributed by atoms with Gasteiger partial charge in [0.25, 0.3) is 5.91 Å². The molecule has 1 atom stereocenters. The summed E-state index contributed by atoms with van der Waals surface area (Å²) in [6.45, 7) is 3.30. The first-order valence-electron chi connectivity index (χ1n) is 9.72. The van der Waals surface area contributed by atoms with E-state index in [0.29, 0.717) is 18.2 Å². The lowest BCUT2D eigenvalue weighted by Crippen LogP contribution is -2.53. The van der Waals surface area contributed by atoms with Crippen LogP contribution in [-0.4, -0.2) is 35.5 Å². The highest BCUT2D eigenvalue weighted by atomic mass is 16.6. The minimum Gasteiger partial charge on any atom is -0.449 e. The van der Waals surface area contributed by atoms with Gasteiger partial charge in [0, 0.05) is 13.1 Å². The van der Waals surface area contributed by atoms with Gasteiger partial charge in [-0.1, -0.05) is 30.9 Å². The Kier molecular flexibility index (Phi) is 5.73. The molecule has 0 radical (unpaired) electrons. The van der Waals surface area contributed by atoms with E-state index in [9.17, 15) is 19.6 Å². The molecule has 1 aliphatic carbocycles. The molecule has 3 rings (SSSR count). The van der Waals surface area contributed by atoms with Crippen molar-refractivity contribution in [1.29, 1.82) is 5.26 Å². The molecule has 1 aliphatic rings. The summed E-state index contributed by atoms with van der Waals surface area (Å²) in [6, 6.07) is 8.42. The zero-order valence-corrected chi connectivity index (χ0v) is 16.9. The number of carbonyl (C=O) groups is 2. The summed E-state index contributed by atoms with van der Waals surface area (Å²) in [5, 5.41) is 10.0. The number of amides is 1. The van der Waals surface area contributed by atoms with Gasteiger partial charge >= 0.3 is 5.97 Å². The molecule has 29 heavy (non-hydrogen) atoms. The predicted octanol–water partition coefficient (Wildman–Crippen LogP) is 3.33. The van der Waals surface area contributed by atoms with Gasteiger partial charge in [-0.3, -0.25) is 9.59 Å². The van der Waals surface area contributed by atoms with Crippen LogP contribution in [0, 0.1) is 18.3 Å². The fourth-order valence-corrected chi connectivity index (χ4v) is 3.78. The number of esters is 1. The second-order valence-electron chi connectivity index (χ2n) is 7.62. The monoisotopic (exact) mass is 396 g/mol. The van der Waals surface area contributed by atoms with Crippen LogP contribution in [0.5, 0.6) is 0 Å². The molecule has 0 aliphatic heterocycles. The third kappa shape index (κ3) is 4.02. The molecule has 0 N–H and O–H groups in total. The van der Waals surface area contributed by atoms with Crippen LogP contribution in [0.4, 0.5) is 0 Å². The minimum absolute atomic E-state index is 0.263. The van der Waals surface area contributed by atoms with Crippen LogP contribution in [0.15, 0.2) is 33.5 Å². The highest BCUT2D eigenvalue weighted by molar-refractivity contribution is 5.91. The van der Waals surface area contributed by atoms with Gasteiger partial charge in [-0.05, 0) is 38.8 Å². The average molecular weight is 396 g/mol. The van der Waals surface area contributed by atoms with Gasteiger partial charge < -0.3 is 14.1 Å². The molecule has 1 heterocycles. The first-order chi connectivity index (χ1) is 13.8. The Balaban J connectivity index is 1.77. The predicted molar refractivity (Wildman–Crippen MR) is 106 cm³/mol. The lowest BCUT2D eigenvalue weighted by atomic mass is 9.81. The van der Waals surface area contributed by atoms with Gasteiger partial charge in [-0.25, -0.2) is 4.79 Å². The maximum absolute atomic E-state index is 12.8. The number of likely N-dealkylation sites (N-methyl/N-ethyl adjacent to an activating group) is 1. The van der Waals surface area contributed by atoms with Crippen molar-refractivity contribution < 1.29 is 18.7 Å². The summed E-state index contributed by atoms with van der Waals surface area (Å²) in [6.07, 6.45) is 2.88. The molecule has 1 aromatic heterocycles. The molecule has 7 heteroatoms. The summed E-state index contributed by atoms with van der Waals surface area (Å²) in [7, 11) is 1.57. The van der Waals surface area contributed by atoms with Crippen molar-refractivity contribution in [3.05, 3.63) is 45.8 Å². The number of carbonyl (C=O) groups excluding carboxylic acids is 2. The second-order valence-corrected chi connectivity index (χ2v) is 7.62. The Labute approximate surface area is 168 Å². The molecule has 0 spiro atoms. The van der Waals surface area contributed by atoms with E-state index >= 15 is 0 Å². The van der Waals surface area contributed by atoms with Gasteiger partial charge in [0.2, 0.25) is 5.76 Å². The summed E-state index contributed by atoms with van der Waals surface area (Å²) < 4.78 is 10.8. The lowest BCUT2D eigenvalue weighted by Gasteiger charge is -2.39. The normalized spacial score (nSPS) is 16.6. The van der Waals surface area contributed by atoms with Crippen molar-refractivity contribution in [3.8, 4) is 6.07 Å². The molecule has 7 nitrogen and oxygen atoms in total. The molecule has 0 unspecified atom stereocenters. The Morgan fingerprint density at radius 1 is 1.24 bits per heavy atom. The van der Waals surface area contributed by atoms with E-state index in [1.165, 1.54) is 11.8 Å². The largest absolute Gasteiger partial charge is 0.449 e. The van der Waals surface area contributed by atoms with Gasteiger partial charge in [-0.2, -0.15) is 5.26 Å². The highest BCUT2D eigenvalue weighted by Crippen LogP contribution is 2.33. The fraction of sp³-hybridized carbons (Fsp3) is 0.455. The van der Waals surface area contributed by atoms with E-state index < -0.39 is 23.5 Å². The summed E-state index contributed by atoms with van der Waals surface area (Å²) in [4.78, 5) is 39.0. The molecular formula is C22H24N2O5.